The summed E-state index contributed by atoms with van der Waals surface area (Å²) < 4.78 is 46.4. The molecule has 0 saturated heterocycles. The van der Waals surface area contributed by atoms with Crippen LogP contribution in [0.3, 0.4) is 0 Å². The number of fused-ring (bicyclic) bond motifs is 1. The van der Waals surface area contributed by atoms with Gasteiger partial charge in [-0.2, -0.15) is 18.3 Å². The molecule has 12 heteroatoms. The Kier molecular flexibility index (Phi) is 7.61. The maximum Gasteiger partial charge on any atom is 0.435 e. The van der Waals surface area contributed by atoms with Gasteiger partial charge < -0.3 is 10.1 Å². The van der Waals surface area contributed by atoms with E-state index in [0.717, 1.165) is 16.3 Å². The van der Waals surface area contributed by atoms with E-state index in [0.29, 0.717) is 5.56 Å². The van der Waals surface area contributed by atoms with Gasteiger partial charge in [0.05, 0.1) is 23.2 Å². The van der Waals surface area contributed by atoms with Crippen molar-refractivity contribution in [2.24, 2.45) is 10.9 Å². The molecule has 3 atom stereocenters. The van der Waals surface area contributed by atoms with Crippen molar-refractivity contribution in [1.29, 1.82) is 0 Å². The number of aliphatic imine (C=N–C) groups is 1. The number of hydrogen-bond donors (Lipinski definition) is 1. The standard InChI is InChI=1S/C25H21Cl2F3N4O3/c1-13-21(23(35)32-18(24(36)37-2)10-14-6-4-3-5-7-14)22(15-8-9-16(26)17(27)11-15)34-20(31-13)12-19(33-34)25(28,29)30/h3-9,11-12,18,21-22H,10H2,1-2H3,(H,32,35)/t18-,21?,22?/m1/s1. The molecule has 0 fully saturated rings. The molecule has 4 rings (SSSR count). The second-order valence-corrected chi connectivity index (χ2v) is 9.27. The number of esters is 1. The Hall–Kier alpha value is -3.37. The van der Waals surface area contributed by atoms with Crippen molar-refractivity contribution < 1.29 is 27.5 Å². The van der Waals surface area contributed by atoms with Crippen LogP contribution in [0.4, 0.5) is 19.0 Å². The summed E-state index contributed by atoms with van der Waals surface area (Å²) in [5.41, 5.74) is 0.247. The van der Waals surface area contributed by atoms with Gasteiger partial charge in [0.15, 0.2) is 11.5 Å². The minimum Gasteiger partial charge on any atom is -0.467 e. The topological polar surface area (TPSA) is 85.6 Å². The van der Waals surface area contributed by atoms with E-state index < -0.39 is 41.7 Å². The second-order valence-electron chi connectivity index (χ2n) is 8.45. The highest BCUT2D eigenvalue weighted by molar-refractivity contribution is 6.42. The van der Waals surface area contributed by atoms with Crippen molar-refractivity contribution in [3.8, 4) is 0 Å². The summed E-state index contributed by atoms with van der Waals surface area (Å²) in [6.07, 6.45) is -4.58. The predicted molar refractivity (Wildman–Crippen MR) is 132 cm³/mol. The van der Waals surface area contributed by atoms with Crippen molar-refractivity contribution in [3.05, 3.63) is 81.5 Å². The molecular formula is C25H21Cl2F3N4O3. The number of aromatic nitrogens is 2. The van der Waals surface area contributed by atoms with Gasteiger partial charge in [0.25, 0.3) is 0 Å². The van der Waals surface area contributed by atoms with E-state index in [-0.39, 0.29) is 28.0 Å². The number of methoxy groups -OCH3 is 1. The average molecular weight is 553 g/mol. The summed E-state index contributed by atoms with van der Waals surface area (Å²) in [5.74, 6) is -2.50. The molecule has 0 aliphatic carbocycles. The lowest BCUT2D eigenvalue weighted by molar-refractivity contribution is -0.145. The number of amides is 1. The first kappa shape index (κ1) is 26.7. The summed E-state index contributed by atoms with van der Waals surface area (Å²) in [6.45, 7) is 1.53. The zero-order valence-electron chi connectivity index (χ0n) is 19.6. The molecule has 0 saturated carbocycles. The number of carbonyl (C=O) groups is 2. The van der Waals surface area contributed by atoms with Gasteiger partial charge in [0.2, 0.25) is 5.91 Å². The number of hydrogen-bond acceptors (Lipinski definition) is 5. The fourth-order valence-corrected chi connectivity index (χ4v) is 4.55. The Morgan fingerprint density at radius 1 is 1.11 bits per heavy atom. The normalized spacial score (nSPS) is 18.0. The Labute approximate surface area is 220 Å². The Balaban J connectivity index is 1.75. The maximum atomic E-state index is 13.7. The van der Waals surface area contributed by atoms with Gasteiger partial charge in [-0.1, -0.05) is 59.6 Å². The smallest absolute Gasteiger partial charge is 0.435 e. The van der Waals surface area contributed by atoms with Gasteiger partial charge in [-0.3, -0.25) is 4.79 Å². The third kappa shape index (κ3) is 5.65. The minimum atomic E-state index is -4.72. The summed E-state index contributed by atoms with van der Waals surface area (Å²) >= 11 is 12.3. The molecular weight excluding hydrogens is 532 g/mol. The molecule has 1 aliphatic rings. The van der Waals surface area contributed by atoms with Crippen LogP contribution in [-0.4, -0.2) is 40.5 Å². The van der Waals surface area contributed by atoms with E-state index in [2.05, 4.69) is 15.4 Å². The number of carbonyl (C=O) groups excluding carboxylic acids is 2. The maximum absolute atomic E-state index is 13.7. The summed E-state index contributed by atoms with van der Waals surface area (Å²) in [7, 11) is 1.20. The number of benzene rings is 2. The Bertz CT molecular complexity index is 1360. The number of rotatable bonds is 6. The predicted octanol–water partition coefficient (Wildman–Crippen LogP) is 5.42. The number of ether oxygens (including phenoxy) is 1. The quantitative estimate of drug-likeness (QED) is 0.413. The van der Waals surface area contributed by atoms with Crippen LogP contribution in [0.2, 0.25) is 10.0 Å². The highest BCUT2D eigenvalue weighted by atomic mass is 35.5. The minimum absolute atomic E-state index is 0.0706. The first-order chi connectivity index (χ1) is 17.5. The van der Waals surface area contributed by atoms with Crippen LogP contribution in [0.5, 0.6) is 0 Å². The molecule has 2 unspecified atom stereocenters. The van der Waals surface area contributed by atoms with Crippen LogP contribution in [0.1, 0.15) is 29.8 Å². The third-order valence-corrected chi connectivity index (χ3v) is 6.72. The van der Waals surface area contributed by atoms with Crippen molar-refractivity contribution in [3.63, 3.8) is 0 Å². The lowest BCUT2D eigenvalue weighted by Gasteiger charge is -2.32. The van der Waals surface area contributed by atoms with Crippen molar-refractivity contribution in [2.45, 2.75) is 31.6 Å². The highest BCUT2D eigenvalue weighted by Gasteiger charge is 2.43. The van der Waals surface area contributed by atoms with E-state index in [9.17, 15) is 22.8 Å². The fraction of sp³-hybridized carbons (Fsp3) is 0.280. The molecule has 1 aromatic heterocycles. The molecule has 2 aromatic carbocycles. The van der Waals surface area contributed by atoms with Crippen LogP contribution < -0.4 is 5.32 Å². The molecule has 0 bridgehead atoms. The Morgan fingerprint density at radius 2 is 1.81 bits per heavy atom. The van der Waals surface area contributed by atoms with Gasteiger partial charge in [0, 0.05) is 18.2 Å². The summed E-state index contributed by atoms with van der Waals surface area (Å²) in [5, 5.41) is 6.81. The van der Waals surface area contributed by atoms with Crippen molar-refractivity contribution in [1.82, 2.24) is 15.1 Å². The van der Waals surface area contributed by atoms with E-state index in [1.54, 1.807) is 30.3 Å². The fourth-order valence-electron chi connectivity index (χ4n) is 4.24. The molecule has 1 N–H and O–H groups in total. The zero-order valence-corrected chi connectivity index (χ0v) is 21.1. The van der Waals surface area contributed by atoms with Crippen LogP contribution in [0.15, 0.2) is 59.6 Å². The number of nitrogens with zero attached hydrogens (tertiary/aromatic N) is 3. The first-order valence-electron chi connectivity index (χ1n) is 11.1. The lowest BCUT2D eigenvalue weighted by Crippen LogP contribution is -2.49. The molecule has 7 nitrogen and oxygen atoms in total. The zero-order chi connectivity index (χ0) is 26.9. The average Bonchev–Trinajstić information content (AvgIpc) is 3.29. The molecule has 0 radical (unpaired) electrons. The molecule has 1 aliphatic heterocycles. The molecule has 2 heterocycles. The van der Waals surface area contributed by atoms with Crippen molar-refractivity contribution >= 4 is 46.6 Å². The van der Waals surface area contributed by atoms with E-state index in [4.69, 9.17) is 27.9 Å². The monoisotopic (exact) mass is 552 g/mol. The van der Waals surface area contributed by atoms with E-state index in [1.807, 2.05) is 6.07 Å². The molecule has 0 spiro atoms. The Morgan fingerprint density at radius 3 is 2.43 bits per heavy atom. The number of halogens is 5. The number of nitrogens with one attached hydrogen (secondary N) is 1. The van der Waals surface area contributed by atoms with Gasteiger partial charge in [0.1, 0.15) is 12.0 Å². The summed E-state index contributed by atoms with van der Waals surface area (Å²) in [6, 6.07) is 12.2. The SMILES string of the molecule is COC(=O)[C@@H](Cc1ccccc1)NC(=O)C1C(C)=Nc2cc(C(F)(F)F)nn2C1c1ccc(Cl)c(Cl)c1. The van der Waals surface area contributed by atoms with Gasteiger partial charge in [-0.05, 0) is 30.2 Å². The van der Waals surface area contributed by atoms with Gasteiger partial charge >= 0.3 is 12.1 Å². The van der Waals surface area contributed by atoms with Crippen molar-refractivity contribution in [2.75, 3.05) is 7.11 Å². The largest absolute Gasteiger partial charge is 0.467 e. The van der Waals surface area contributed by atoms with Gasteiger partial charge in [-0.15, -0.1) is 0 Å². The molecule has 37 heavy (non-hydrogen) atoms. The van der Waals surface area contributed by atoms with E-state index in [1.165, 1.54) is 26.2 Å². The van der Waals surface area contributed by atoms with Crippen LogP contribution in [0.25, 0.3) is 0 Å². The van der Waals surface area contributed by atoms with Gasteiger partial charge in [-0.25, -0.2) is 14.5 Å². The van der Waals surface area contributed by atoms with Crippen LogP contribution >= 0.6 is 23.2 Å². The third-order valence-electron chi connectivity index (χ3n) is 5.98. The highest BCUT2D eigenvalue weighted by Crippen LogP contribution is 2.41. The number of alkyl halides is 3. The van der Waals surface area contributed by atoms with E-state index >= 15 is 0 Å². The second kappa shape index (κ2) is 10.5. The molecule has 1 amide bonds. The van der Waals surface area contributed by atoms with Crippen LogP contribution in [0, 0.1) is 5.92 Å². The lowest BCUT2D eigenvalue weighted by atomic mass is 9.87. The summed E-state index contributed by atoms with van der Waals surface area (Å²) in [4.78, 5) is 30.4. The molecule has 194 valence electrons. The molecule has 3 aromatic rings. The van der Waals surface area contributed by atoms with Crippen LogP contribution in [-0.2, 0) is 26.9 Å². The first-order valence-corrected chi connectivity index (χ1v) is 11.8.